The number of fused-ring (bicyclic) bond motifs is 1. The molecular weight excluding hydrogens is 332 g/mol. The Labute approximate surface area is 125 Å². The zero-order valence-electron chi connectivity index (χ0n) is 10.4. The lowest BCUT2D eigenvalue weighted by Crippen LogP contribution is -2.29. The number of hydrogen-bond acceptors (Lipinski definition) is 3. The van der Waals surface area contributed by atoms with Crippen LogP contribution in [-0.2, 0) is 0 Å². The Bertz CT molecular complexity index is 570. The van der Waals surface area contributed by atoms with E-state index < -0.39 is 0 Å². The molecule has 0 spiro atoms. The van der Waals surface area contributed by atoms with Crippen LogP contribution >= 0.6 is 28.3 Å². The van der Waals surface area contributed by atoms with E-state index in [-0.39, 0.29) is 24.4 Å². The van der Waals surface area contributed by atoms with Gasteiger partial charge in [0.2, 0.25) is 0 Å². The molecule has 1 unspecified atom stereocenters. The predicted molar refractivity (Wildman–Crippen MR) is 81.6 cm³/mol. The second-order valence-electron chi connectivity index (χ2n) is 4.28. The van der Waals surface area contributed by atoms with E-state index in [1.165, 1.54) is 0 Å². The zero-order chi connectivity index (χ0) is 13.1. The van der Waals surface area contributed by atoms with Crippen molar-refractivity contribution in [3.05, 3.63) is 28.4 Å². The molecule has 1 heterocycles. The van der Waals surface area contributed by atoms with Gasteiger partial charge in [0, 0.05) is 22.4 Å². The number of aromatic amines is 1. The van der Waals surface area contributed by atoms with Gasteiger partial charge in [0.15, 0.2) is 5.69 Å². The summed E-state index contributed by atoms with van der Waals surface area (Å²) in [6, 6.07) is 5.73. The number of nitrogens with one attached hydrogen (secondary N) is 2. The number of benzene rings is 1. The molecule has 0 aliphatic carbocycles. The number of halogens is 2. The number of nitrogens with two attached hydrogens (primary N) is 1. The van der Waals surface area contributed by atoms with E-state index in [9.17, 15) is 4.79 Å². The number of H-pyrrole nitrogens is 1. The van der Waals surface area contributed by atoms with Crippen molar-refractivity contribution in [2.45, 2.75) is 19.4 Å². The number of aromatic nitrogens is 2. The third-order valence-corrected chi connectivity index (χ3v) is 3.12. The number of hydrogen-bond donors (Lipinski definition) is 3. The Kier molecular flexibility index (Phi) is 5.78. The van der Waals surface area contributed by atoms with E-state index >= 15 is 0 Å². The fourth-order valence-corrected chi connectivity index (χ4v) is 2.02. The molecule has 0 radical (unpaired) electrons. The first-order valence-electron chi connectivity index (χ1n) is 5.75. The molecule has 0 saturated heterocycles. The number of carbonyl (C=O) groups is 1. The highest BCUT2D eigenvalue weighted by Crippen LogP contribution is 2.20. The van der Waals surface area contributed by atoms with Crippen LogP contribution in [0.4, 0.5) is 0 Å². The van der Waals surface area contributed by atoms with Crippen LogP contribution in [0.3, 0.4) is 0 Å². The van der Waals surface area contributed by atoms with E-state index in [0.29, 0.717) is 12.2 Å². The lowest BCUT2D eigenvalue weighted by molar-refractivity contribution is 0.0949. The molecule has 0 bridgehead atoms. The van der Waals surface area contributed by atoms with Gasteiger partial charge in [-0.05, 0) is 31.5 Å². The fraction of sp³-hybridized carbons (Fsp3) is 0.333. The van der Waals surface area contributed by atoms with Crippen LogP contribution in [0.1, 0.15) is 23.8 Å². The summed E-state index contributed by atoms with van der Waals surface area (Å²) in [6.07, 6.45) is 0.748. The van der Waals surface area contributed by atoms with Crippen molar-refractivity contribution in [3.8, 4) is 0 Å². The molecule has 1 aromatic carbocycles. The third kappa shape index (κ3) is 3.92. The Morgan fingerprint density at radius 2 is 2.32 bits per heavy atom. The number of amides is 1. The smallest absolute Gasteiger partial charge is 0.272 e. The molecule has 4 N–H and O–H groups in total. The van der Waals surface area contributed by atoms with Crippen LogP contribution in [0.25, 0.3) is 10.9 Å². The molecule has 0 saturated carbocycles. The standard InChI is InChI=1S/C12H15BrN4O.ClH/c1-7(14)4-5-15-12(18)11-9-6-8(13)2-3-10(9)16-17-11;/h2-3,6-7H,4-5,14H2,1H3,(H,15,18)(H,16,17);1H. The van der Waals surface area contributed by atoms with Gasteiger partial charge in [-0.2, -0.15) is 5.10 Å². The van der Waals surface area contributed by atoms with E-state index in [2.05, 4.69) is 31.4 Å². The lowest BCUT2D eigenvalue weighted by Gasteiger charge is -2.05. The minimum absolute atomic E-state index is 0. The summed E-state index contributed by atoms with van der Waals surface area (Å²) in [5.74, 6) is -0.181. The molecule has 1 atom stereocenters. The molecule has 0 aliphatic heterocycles. The average molecular weight is 348 g/mol. The lowest BCUT2D eigenvalue weighted by atomic mass is 10.2. The maximum Gasteiger partial charge on any atom is 0.272 e. The van der Waals surface area contributed by atoms with Gasteiger partial charge in [0.25, 0.3) is 5.91 Å². The highest BCUT2D eigenvalue weighted by Gasteiger charge is 2.13. The Balaban J connectivity index is 0.00000180. The zero-order valence-corrected chi connectivity index (χ0v) is 12.8. The SMILES string of the molecule is CC(N)CCNC(=O)c1n[nH]c2ccc(Br)cc12.Cl. The van der Waals surface area contributed by atoms with Crippen LogP contribution in [-0.4, -0.2) is 28.7 Å². The predicted octanol–water partition coefficient (Wildman–Crippen LogP) is 2.21. The highest BCUT2D eigenvalue weighted by atomic mass is 79.9. The molecule has 104 valence electrons. The van der Waals surface area contributed by atoms with E-state index in [1.54, 1.807) is 0 Å². The monoisotopic (exact) mass is 346 g/mol. The molecular formula is C12H16BrClN4O. The number of rotatable bonds is 4. The molecule has 1 amide bonds. The van der Waals surface area contributed by atoms with Crippen LogP contribution in [0.5, 0.6) is 0 Å². The van der Waals surface area contributed by atoms with Gasteiger partial charge in [-0.15, -0.1) is 12.4 Å². The van der Waals surface area contributed by atoms with Gasteiger partial charge in [-0.1, -0.05) is 15.9 Å². The second-order valence-corrected chi connectivity index (χ2v) is 5.20. The first kappa shape index (κ1) is 15.9. The fourth-order valence-electron chi connectivity index (χ4n) is 1.66. The Hall–Kier alpha value is -1.11. The molecule has 2 rings (SSSR count). The van der Waals surface area contributed by atoms with Gasteiger partial charge >= 0.3 is 0 Å². The summed E-state index contributed by atoms with van der Waals surface area (Å²) in [7, 11) is 0. The van der Waals surface area contributed by atoms with Crippen LogP contribution in [0.15, 0.2) is 22.7 Å². The summed E-state index contributed by atoms with van der Waals surface area (Å²) < 4.78 is 0.918. The van der Waals surface area contributed by atoms with Gasteiger partial charge in [-0.25, -0.2) is 0 Å². The van der Waals surface area contributed by atoms with Crippen LogP contribution < -0.4 is 11.1 Å². The molecule has 1 aromatic heterocycles. The maximum atomic E-state index is 12.0. The summed E-state index contributed by atoms with van der Waals surface area (Å²) in [6.45, 7) is 2.46. The minimum Gasteiger partial charge on any atom is -0.351 e. The van der Waals surface area contributed by atoms with Crippen LogP contribution in [0.2, 0.25) is 0 Å². The topological polar surface area (TPSA) is 83.8 Å². The molecule has 5 nitrogen and oxygen atoms in total. The summed E-state index contributed by atoms with van der Waals surface area (Å²) in [4.78, 5) is 12.0. The van der Waals surface area contributed by atoms with E-state index in [4.69, 9.17) is 5.73 Å². The summed E-state index contributed by atoms with van der Waals surface area (Å²) >= 11 is 3.38. The molecule has 7 heteroatoms. The van der Waals surface area contributed by atoms with Crippen molar-refractivity contribution in [2.75, 3.05) is 6.54 Å². The minimum atomic E-state index is -0.181. The molecule has 0 aliphatic rings. The van der Waals surface area contributed by atoms with Gasteiger partial charge < -0.3 is 11.1 Å². The average Bonchev–Trinajstić information content (AvgIpc) is 2.71. The second kappa shape index (κ2) is 6.88. The Morgan fingerprint density at radius 1 is 1.58 bits per heavy atom. The molecule has 2 aromatic rings. The third-order valence-electron chi connectivity index (χ3n) is 2.63. The normalized spacial score (nSPS) is 11.9. The largest absolute Gasteiger partial charge is 0.351 e. The van der Waals surface area contributed by atoms with Crippen molar-refractivity contribution >= 4 is 45.1 Å². The molecule has 0 fully saturated rings. The first-order chi connectivity index (χ1) is 8.58. The van der Waals surface area contributed by atoms with Gasteiger partial charge in [0.05, 0.1) is 5.52 Å². The maximum absolute atomic E-state index is 12.0. The van der Waals surface area contributed by atoms with Crippen molar-refractivity contribution in [1.82, 2.24) is 15.5 Å². The van der Waals surface area contributed by atoms with E-state index in [0.717, 1.165) is 21.8 Å². The number of carbonyl (C=O) groups excluding carboxylic acids is 1. The number of nitrogens with zero attached hydrogens (tertiary/aromatic N) is 1. The quantitative estimate of drug-likeness (QED) is 0.793. The Morgan fingerprint density at radius 3 is 3.00 bits per heavy atom. The van der Waals surface area contributed by atoms with Crippen molar-refractivity contribution in [2.24, 2.45) is 5.73 Å². The van der Waals surface area contributed by atoms with Crippen LogP contribution in [0, 0.1) is 0 Å². The summed E-state index contributed by atoms with van der Waals surface area (Å²) in [5, 5.41) is 10.5. The first-order valence-corrected chi connectivity index (χ1v) is 6.54. The summed E-state index contributed by atoms with van der Waals surface area (Å²) in [5.41, 5.74) is 6.88. The highest BCUT2D eigenvalue weighted by molar-refractivity contribution is 9.10. The van der Waals surface area contributed by atoms with E-state index in [1.807, 2.05) is 25.1 Å². The van der Waals surface area contributed by atoms with Crippen molar-refractivity contribution in [3.63, 3.8) is 0 Å². The van der Waals surface area contributed by atoms with Crippen molar-refractivity contribution in [1.29, 1.82) is 0 Å². The molecule has 19 heavy (non-hydrogen) atoms. The van der Waals surface area contributed by atoms with Crippen molar-refractivity contribution < 1.29 is 4.79 Å². The van der Waals surface area contributed by atoms with Gasteiger partial charge in [0.1, 0.15) is 0 Å². The van der Waals surface area contributed by atoms with Gasteiger partial charge in [-0.3, -0.25) is 9.89 Å².